The van der Waals surface area contributed by atoms with E-state index in [1.165, 1.54) is 6.54 Å². The predicted molar refractivity (Wildman–Crippen MR) is 65.6 cm³/mol. The Kier molecular flexibility index (Phi) is 5.14. The third-order valence-electron chi connectivity index (χ3n) is 2.88. The molecule has 0 radical (unpaired) electrons. The molecule has 1 heteroatoms. The molecule has 0 saturated heterocycles. The zero-order valence-electron chi connectivity index (χ0n) is 11.4. The number of hydrogen-bond donors (Lipinski definition) is 0. The van der Waals surface area contributed by atoms with Gasteiger partial charge in [-0.2, -0.15) is 0 Å². The van der Waals surface area contributed by atoms with Gasteiger partial charge in [-0.3, -0.25) is 4.90 Å². The molecule has 0 aromatic carbocycles. The summed E-state index contributed by atoms with van der Waals surface area (Å²) in [4.78, 5) is 2.63. The molecule has 1 nitrogen and oxygen atoms in total. The van der Waals surface area contributed by atoms with E-state index in [4.69, 9.17) is 0 Å². The van der Waals surface area contributed by atoms with Crippen molar-refractivity contribution in [2.45, 2.75) is 67.0 Å². The Hall–Kier alpha value is -0.0400. The summed E-state index contributed by atoms with van der Waals surface area (Å²) in [5.74, 6) is 1.48. The van der Waals surface area contributed by atoms with Gasteiger partial charge in [0.1, 0.15) is 0 Å². The fourth-order valence-corrected chi connectivity index (χ4v) is 1.80. The van der Waals surface area contributed by atoms with Gasteiger partial charge in [0.05, 0.1) is 0 Å². The molecular weight excluding hydrogens is 170 g/mol. The van der Waals surface area contributed by atoms with E-state index in [0.717, 1.165) is 11.8 Å². The monoisotopic (exact) mass is 199 g/mol. The van der Waals surface area contributed by atoms with Crippen LogP contribution in [0.2, 0.25) is 0 Å². The summed E-state index contributed by atoms with van der Waals surface area (Å²) in [6.45, 7) is 19.7. The van der Waals surface area contributed by atoms with Crippen molar-refractivity contribution in [3.05, 3.63) is 0 Å². The zero-order valence-corrected chi connectivity index (χ0v) is 11.4. The number of rotatable bonds is 4. The molecule has 0 N–H and O–H groups in total. The minimum atomic E-state index is 0.286. The lowest BCUT2D eigenvalue weighted by atomic mass is 9.95. The standard InChI is InChI=1S/C13H29N/c1-10(2)9-14(13(6,7)8)12(5)11(3)4/h10-12H,9H2,1-8H3. The molecule has 0 heterocycles. The number of hydrogen-bond acceptors (Lipinski definition) is 1. The number of nitrogens with zero attached hydrogens (tertiary/aromatic N) is 1. The van der Waals surface area contributed by atoms with Crippen molar-refractivity contribution in [3.63, 3.8) is 0 Å². The summed E-state index contributed by atoms with van der Waals surface area (Å²) in [7, 11) is 0. The van der Waals surface area contributed by atoms with Crippen LogP contribution in [-0.4, -0.2) is 23.0 Å². The van der Waals surface area contributed by atoms with Gasteiger partial charge in [-0.1, -0.05) is 27.7 Å². The van der Waals surface area contributed by atoms with E-state index in [0.29, 0.717) is 6.04 Å². The van der Waals surface area contributed by atoms with Crippen LogP contribution in [0.1, 0.15) is 55.4 Å². The molecule has 0 amide bonds. The van der Waals surface area contributed by atoms with Crippen molar-refractivity contribution in [3.8, 4) is 0 Å². The van der Waals surface area contributed by atoms with Crippen molar-refractivity contribution in [1.29, 1.82) is 0 Å². The summed E-state index contributed by atoms with van der Waals surface area (Å²) >= 11 is 0. The van der Waals surface area contributed by atoms with Gasteiger partial charge in [0.15, 0.2) is 0 Å². The second kappa shape index (κ2) is 5.16. The maximum absolute atomic E-state index is 2.63. The Balaban J connectivity index is 4.56. The average molecular weight is 199 g/mol. The smallest absolute Gasteiger partial charge is 0.0128 e. The molecule has 0 rings (SSSR count). The largest absolute Gasteiger partial charge is 0.295 e. The SMILES string of the molecule is CC(C)CN(C(C)C(C)C)C(C)(C)C. The van der Waals surface area contributed by atoms with E-state index in [9.17, 15) is 0 Å². The third kappa shape index (κ3) is 4.45. The zero-order chi connectivity index (χ0) is 11.5. The Morgan fingerprint density at radius 2 is 1.36 bits per heavy atom. The Labute approximate surface area is 90.9 Å². The first-order valence-electron chi connectivity index (χ1n) is 5.93. The maximum Gasteiger partial charge on any atom is 0.0128 e. The second-order valence-electron chi connectivity index (χ2n) is 6.20. The molecule has 0 aromatic rings. The Morgan fingerprint density at radius 3 is 1.57 bits per heavy atom. The second-order valence-corrected chi connectivity index (χ2v) is 6.20. The lowest BCUT2D eigenvalue weighted by molar-refractivity contribution is 0.0541. The quantitative estimate of drug-likeness (QED) is 0.666. The molecule has 1 atom stereocenters. The van der Waals surface area contributed by atoms with Gasteiger partial charge in [-0.15, -0.1) is 0 Å². The van der Waals surface area contributed by atoms with Crippen LogP contribution in [0.5, 0.6) is 0 Å². The summed E-state index contributed by atoms with van der Waals surface area (Å²) in [6, 6.07) is 0.664. The first-order valence-corrected chi connectivity index (χ1v) is 5.93. The highest BCUT2D eigenvalue weighted by Crippen LogP contribution is 2.22. The molecule has 0 fully saturated rings. The van der Waals surface area contributed by atoms with E-state index in [2.05, 4.69) is 60.3 Å². The summed E-state index contributed by atoms with van der Waals surface area (Å²) in [5.41, 5.74) is 0.286. The lowest BCUT2D eigenvalue weighted by Gasteiger charge is -2.43. The highest BCUT2D eigenvalue weighted by molar-refractivity contribution is 4.83. The van der Waals surface area contributed by atoms with Crippen molar-refractivity contribution in [2.24, 2.45) is 11.8 Å². The molecule has 0 aliphatic carbocycles. The maximum atomic E-state index is 2.63. The highest BCUT2D eigenvalue weighted by Gasteiger charge is 2.27. The molecule has 86 valence electrons. The topological polar surface area (TPSA) is 3.24 Å². The first-order chi connectivity index (χ1) is 6.16. The van der Waals surface area contributed by atoms with Crippen LogP contribution >= 0.6 is 0 Å². The van der Waals surface area contributed by atoms with Gasteiger partial charge in [-0.05, 0) is 39.5 Å². The van der Waals surface area contributed by atoms with Gasteiger partial charge in [0, 0.05) is 18.1 Å². The fraction of sp³-hybridized carbons (Fsp3) is 1.00. The predicted octanol–water partition coefficient (Wildman–Crippen LogP) is 3.79. The minimum Gasteiger partial charge on any atom is -0.295 e. The van der Waals surface area contributed by atoms with E-state index < -0.39 is 0 Å². The third-order valence-corrected chi connectivity index (χ3v) is 2.88. The van der Waals surface area contributed by atoms with Crippen molar-refractivity contribution >= 4 is 0 Å². The fourth-order valence-electron chi connectivity index (χ4n) is 1.80. The van der Waals surface area contributed by atoms with Gasteiger partial charge < -0.3 is 0 Å². The van der Waals surface area contributed by atoms with E-state index in [-0.39, 0.29) is 5.54 Å². The average Bonchev–Trinajstić information content (AvgIpc) is 1.96. The Morgan fingerprint density at radius 1 is 0.929 bits per heavy atom. The summed E-state index contributed by atoms with van der Waals surface area (Å²) in [5, 5.41) is 0. The molecule has 0 aliphatic rings. The van der Waals surface area contributed by atoms with Crippen LogP contribution < -0.4 is 0 Å². The first kappa shape index (κ1) is 14.0. The van der Waals surface area contributed by atoms with Crippen LogP contribution in [-0.2, 0) is 0 Å². The molecule has 0 saturated carbocycles. The summed E-state index contributed by atoms with van der Waals surface area (Å²) < 4.78 is 0. The van der Waals surface area contributed by atoms with Gasteiger partial charge in [0.25, 0.3) is 0 Å². The van der Waals surface area contributed by atoms with Crippen molar-refractivity contribution < 1.29 is 0 Å². The molecule has 0 bridgehead atoms. The van der Waals surface area contributed by atoms with Crippen LogP contribution in [0.15, 0.2) is 0 Å². The van der Waals surface area contributed by atoms with Gasteiger partial charge in [0.2, 0.25) is 0 Å². The minimum absolute atomic E-state index is 0.286. The normalized spacial score (nSPS) is 15.6. The lowest BCUT2D eigenvalue weighted by Crippen LogP contribution is -2.50. The molecule has 1 unspecified atom stereocenters. The van der Waals surface area contributed by atoms with E-state index in [1.54, 1.807) is 0 Å². The van der Waals surface area contributed by atoms with Crippen LogP contribution in [0, 0.1) is 11.8 Å². The highest BCUT2D eigenvalue weighted by atomic mass is 15.2. The molecule has 0 aromatic heterocycles. The van der Waals surface area contributed by atoms with Crippen molar-refractivity contribution in [1.82, 2.24) is 4.90 Å². The molecule has 14 heavy (non-hydrogen) atoms. The van der Waals surface area contributed by atoms with Crippen LogP contribution in [0.4, 0.5) is 0 Å². The van der Waals surface area contributed by atoms with E-state index >= 15 is 0 Å². The van der Waals surface area contributed by atoms with E-state index in [1.807, 2.05) is 0 Å². The van der Waals surface area contributed by atoms with Crippen molar-refractivity contribution in [2.75, 3.05) is 6.54 Å². The Bertz CT molecular complexity index is 153. The van der Waals surface area contributed by atoms with Crippen LogP contribution in [0.25, 0.3) is 0 Å². The molecular formula is C13H29N. The summed E-state index contributed by atoms with van der Waals surface area (Å²) in [6.07, 6.45) is 0. The molecule has 0 aliphatic heterocycles. The molecule has 0 spiro atoms. The van der Waals surface area contributed by atoms with Gasteiger partial charge in [-0.25, -0.2) is 0 Å². The van der Waals surface area contributed by atoms with Crippen LogP contribution in [0.3, 0.4) is 0 Å². The van der Waals surface area contributed by atoms with Gasteiger partial charge >= 0.3 is 0 Å².